The van der Waals surface area contributed by atoms with Crippen LogP contribution in [0, 0.1) is 6.92 Å². The number of carbonyl (C=O) groups excluding carboxylic acids is 1. The van der Waals surface area contributed by atoms with Crippen LogP contribution in [-0.2, 0) is 17.9 Å². The van der Waals surface area contributed by atoms with Crippen molar-refractivity contribution in [3.63, 3.8) is 0 Å². The van der Waals surface area contributed by atoms with E-state index in [0.717, 1.165) is 16.9 Å². The molecule has 3 rings (SSSR count). The number of benzene rings is 1. The molecular formula is C22H24N4O3. The first-order valence-corrected chi connectivity index (χ1v) is 9.35. The minimum Gasteiger partial charge on any atom is -0.497 e. The van der Waals surface area contributed by atoms with E-state index in [4.69, 9.17) is 4.74 Å². The molecule has 0 N–H and O–H groups in total. The second kappa shape index (κ2) is 9.14. The van der Waals surface area contributed by atoms with E-state index in [9.17, 15) is 9.59 Å². The Hall–Kier alpha value is -3.48. The number of amides is 1. The summed E-state index contributed by atoms with van der Waals surface area (Å²) in [7, 11) is 1.62. The van der Waals surface area contributed by atoms with Crippen molar-refractivity contribution in [1.82, 2.24) is 19.7 Å². The maximum atomic E-state index is 13.2. The van der Waals surface area contributed by atoms with Crippen molar-refractivity contribution in [3.05, 3.63) is 88.1 Å². The molecule has 3 aromatic rings. The first-order chi connectivity index (χ1) is 14.0. The second-order valence-corrected chi connectivity index (χ2v) is 6.80. The summed E-state index contributed by atoms with van der Waals surface area (Å²) in [5.74, 6) is 0.564. The van der Waals surface area contributed by atoms with E-state index in [0.29, 0.717) is 12.2 Å². The maximum absolute atomic E-state index is 13.2. The molecule has 0 spiro atoms. The molecule has 1 atom stereocenters. The predicted molar refractivity (Wildman–Crippen MR) is 109 cm³/mol. The van der Waals surface area contributed by atoms with Gasteiger partial charge >= 0.3 is 0 Å². The lowest BCUT2D eigenvalue weighted by Gasteiger charge is -2.30. The van der Waals surface area contributed by atoms with Gasteiger partial charge in [0.15, 0.2) is 0 Å². The number of methoxy groups -OCH3 is 1. The Morgan fingerprint density at radius 2 is 1.79 bits per heavy atom. The molecule has 2 heterocycles. The molecule has 1 unspecified atom stereocenters. The maximum Gasteiger partial charge on any atom is 0.267 e. The van der Waals surface area contributed by atoms with Gasteiger partial charge in [-0.1, -0.05) is 12.1 Å². The van der Waals surface area contributed by atoms with Crippen LogP contribution in [0.2, 0.25) is 0 Å². The van der Waals surface area contributed by atoms with Crippen LogP contribution in [0.5, 0.6) is 5.75 Å². The molecule has 29 heavy (non-hydrogen) atoms. The van der Waals surface area contributed by atoms with E-state index in [2.05, 4.69) is 10.1 Å². The van der Waals surface area contributed by atoms with Gasteiger partial charge in [0.25, 0.3) is 5.56 Å². The van der Waals surface area contributed by atoms with Gasteiger partial charge in [0.2, 0.25) is 5.91 Å². The van der Waals surface area contributed by atoms with Crippen molar-refractivity contribution < 1.29 is 9.53 Å². The lowest BCUT2D eigenvalue weighted by Crippen LogP contribution is -2.38. The minimum atomic E-state index is -0.301. The summed E-state index contributed by atoms with van der Waals surface area (Å²) < 4.78 is 6.43. The molecule has 1 amide bonds. The van der Waals surface area contributed by atoms with Crippen LogP contribution in [0.3, 0.4) is 0 Å². The Kier molecular flexibility index (Phi) is 6.39. The number of nitrogens with zero attached hydrogens (tertiary/aromatic N) is 4. The van der Waals surface area contributed by atoms with Crippen LogP contribution in [0.15, 0.2) is 65.7 Å². The first-order valence-electron chi connectivity index (χ1n) is 9.35. The smallest absolute Gasteiger partial charge is 0.267 e. The Bertz CT molecular complexity index is 1020. The minimum absolute atomic E-state index is 0.119. The third-order valence-electron chi connectivity index (χ3n) is 4.77. The third kappa shape index (κ3) is 5.07. The molecule has 7 nitrogen and oxygen atoms in total. The number of carbonyl (C=O) groups is 1. The number of aryl methyl sites for hydroxylation is 1. The molecular weight excluding hydrogens is 368 g/mol. The van der Waals surface area contributed by atoms with Crippen LogP contribution in [0.4, 0.5) is 0 Å². The van der Waals surface area contributed by atoms with Crippen LogP contribution in [0.25, 0.3) is 0 Å². The Morgan fingerprint density at radius 3 is 2.45 bits per heavy atom. The number of pyridine rings is 1. The van der Waals surface area contributed by atoms with E-state index < -0.39 is 0 Å². The number of hydrogen-bond acceptors (Lipinski definition) is 5. The number of ether oxygens (including phenoxy) is 1. The lowest BCUT2D eigenvalue weighted by molar-refractivity contribution is -0.135. The summed E-state index contributed by atoms with van der Waals surface area (Å²) in [6.45, 7) is 4.03. The average Bonchev–Trinajstić information content (AvgIpc) is 2.75. The zero-order chi connectivity index (χ0) is 20.8. The van der Waals surface area contributed by atoms with Crippen LogP contribution in [-0.4, -0.2) is 32.7 Å². The van der Waals surface area contributed by atoms with Crippen molar-refractivity contribution in [1.29, 1.82) is 0 Å². The number of rotatable bonds is 7. The molecule has 0 aliphatic carbocycles. The van der Waals surface area contributed by atoms with Gasteiger partial charge in [0.1, 0.15) is 12.3 Å². The standard InChI is InChI=1S/C22H24N4O3/c1-16-4-9-21(27)26(24-16)15-22(28)25(14-18-10-12-23-13-11-18)17(2)19-5-7-20(29-3)8-6-19/h4-13,17H,14-15H2,1-3H3. The molecule has 0 saturated heterocycles. The van der Waals surface area contributed by atoms with Crippen molar-refractivity contribution in [3.8, 4) is 5.75 Å². The Morgan fingerprint density at radius 1 is 1.10 bits per heavy atom. The summed E-state index contributed by atoms with van der Waals surface area (Å²) in [5, 5.41) is 4.19. The summed E-state index contributed by atoms with van der Waals surface area (Å²) in [5.41, 5.74) is 2.31. The van der Waals surface area contributed by atoms with E-state index in [1.165, 1.54) is 10.7 Å². The van der Waals surface area contributed by atoms with Crippen molar-refractivity contribution in [2.75, 3.05) is 7.11 Å². The fourth-order valence-corrected chi connectivity index (χ4v) is 3.07. The Labute approximate surface area is 169 Å². The van der Waals surface area contributed by atoms with Crippen molar-refractivity contribution in [2.24, 2.45) is 0 Å². The largest absolute Gasteiger partial charge is 0.497 e. The van der Waals surface area contributed by atoms with Crippen LogP contribution < -0.4 is 10.3 Å². The molecule has 0 radical (unpaired) electrons. The van der Waals surface area contributed by atoms with Crippen molar-refractivity contribution in [2.45, 2.75) is 33.0 Å². The molecule has 0 aliphatic rings. The van der Waals surface area contributed by atoms with Gasteiger partial charge in [0.05, 0.1) is 18.8 Å². The van der Waals surface area contributed by atoms with Gasteiger partial charge in [0, 0.05) is 25.0 Å². The quantitative estimate of drug-likeness (QED) is 0.618. The molecule has 0 bridgehead atoms. The Balaban J connectivity index is 1.89. The van der Waals surface area contributed by atoms with E-state index in [-0.39, 0.29) is 24.1 Å². The molecule has 0 aliphatic heterocycles. The van der Waals surface area contributed by atoms with Gasteiger partial charge in [-0.25, -0.2) is 4.68 Å². The van der Waals surface area contributed by atoms with E-state index in [1.54, 1.807) is 37.4 Å². The average molecular weight is 392 g/mol. The van der Waals surface area contributed by atoms with Gasteiger partial charge in [-0.15, -0.1) is 0 Å². The summed E-state index contributed by atoms with van der Waals surface area (Å²) in [4.78, 5) is 31.1. The normalized spacial score (nSPS) is 11.7. The topological polar surface area (TPSA) is 77.3 Å². The lowest BCUT2D eigenvalue weighted by atomic mass is 10.1. The monoisotopic (exact) mass is 392 g/mol. The highest BCUT2D eigenvalue weighted by molar-refractivity contribution is 5.76. The fraction of sp³-hybridized carbons (Fsp3) is 0.273. The van der Waals surface area contributed by atoms with Crippen LogP contribution in [0.1, 0.15) is 29.8 Å². The zero-order valence-corrected chi connectivity index (χ0v) is 16.8. The van der Waals surface area contributed by atoms with E-state index >= 15 is 0 Å². The summed E-state index contributed by atoms with van der Waals surface area (Å²) >= 11 is 0. The van der Waals surface area contributed by atoms with Gasteiger partial charge in [-0.05, 0) is 55.3 Å². The predicted octanol–water partition coefficient (Wildman–Crippen LogP) is 2.75. The van der Waals surface area contributed by atoms with Crippen molar-refractivity contribution >= 4 is 5.91 Å². The highest BCUT2D eigenvalue weighted by atomic mass is 16.5. The second-order valence-electron chi connectivity index (χ2n) is 6.80. The third-order valence-corrected chi connectivity index (χ3v) is 4.77. The zero-order valence-electron chi connectivity index (χ0n) is 16.8. The molecule has 0 fully saturated rings. The molecule has 2 aromatic heterocycles. The first kappa shape index (κ1) is 20.3. The van der Waals surface area contributed by atoms with Gasteiger partial charge in [-0.2, -0.15) is 5.10 Å². The SMILES string of the molecule is COc1ccc(C(C)N(Cc2ccncc2)C(=O)Cn2nc(C)ccc2=O)cc1. The highest BCUT2D eigenvalue weighted by Crippen LogP contribution is 2.25. The van der Waals surface area contributed by atoms with E-state index in [1.807, 2.05) is 43.3 Å². The molecule has 150 valence electrons. The fourth-order valence-electron chi connectivity index (χ4n) is 3.07. The van der Waals surface area contributed by atoms with Gasteiger partial charge < -0.3 is 9.64 Å². The molecule has 0 saturated carbocycles. The number of aromatic nitrogens is 3. The van der Waals surface area contributed by atoms with Gasteiger partial charge in [-0.3, -0.25) is 14.6 Å². The number of hydrogen-bond donors (Lipinski definition) is 0. The summed E-state index contributed by atoms with van der Waals surface area (Å²) in [6, 6.07) is 14.2. The molecule has 7 heteroatoms. The molecule has 1 aromatic carbocycles. The highest BCUT2D eigenvalue weighted by Gasteiger charge is 2.23. The summed E-state index contributed by atoms with van der Waals surface area (Å²) in [6.07, 6.45) is 3.39. The van der Waals surface area contributed by atoms with Crippen LogP contribution >= 0.6 is 0 Å².